The summed E-state index contributed by atoms with van der Waals surface area (Å²) in [4.78, 5) is 0. The molecule has 1 atom stereocenters. The van der Waals surface area contributed by atoms with E-state index in [4.69, 9.17) is 5.11 Å². The number of benzene rings is 2. The summed E-state index contributed by atoms with van der Waals surface area (Å²) in [5.41, 5.74) is 6.86. The molecule has 2 aromatic carbocycles. The lowest BCUT2D eigenvalue weighted by molar-refractivity contribution is 0.288. The molecule has 2 rings (SSSR count). The van der Waals surface area contributed by atoms with Gasteiger partial charge in [-0.25, -0.2) is 0 Å². The minimum Gasteiger partial charge on any atom is -0.396 e. The Balaban J connectivity index is 2.01. The first-order valence-corrected chi connectivity index (χ1v) is 10.5. The molecule has 0 bridgehead atoms. The van der Waals surface area contributed by atoms with Crippen LogP contribution in [-0.4, -0.2) is 11.7 Å². The summed E-state index contributed by atoms with van der Waals surface area (Å²) in [6.07, 6.45) is 9.31. The normalized spacial score (nSPS) is 12.3. The van der Waals surface area contributed by atoms with Gasteiger partial charge < -0.3 is 5.11 Å². The summed E-state index contributed by atoms with van der Waals surface area (Å²) in [6, 6.07) is 16.0. The monoisotopic (exact) mass is 352 g/mol. The van der Waals surface area contributed by atoms with Gasteiger partial charge in [-0.1, -0.05) is 82.5 Å². The molecule has 1 heteroatoms. The molecule has 0 fully saturated rings. The van der Waals surface area contributed by atoms with E-state index in [-0.39, 0.29) is 6.61 Å². The quantitative estimate of drug-likeness (QED) is 0.483. The molecule has 0 radical (unpaired) electrons. The van der Waals surface area contributed by atoms with Gasteiger partial charge in [-0.05, 0) is 65.8 Å². The van der Waals surface area contributed by atoms with E-state index < -0.39 is 0 Å². The van der Waals surface area contributed by atoms with Gasteiger partial charge in [0.1, 0.15) is 0 Å². The summed E-state index contributed by atoms with van der Waals surface area (Å²) in [6.45, 7) is 7.14. The Morgan fingerprint density at radius 3 is 2.19 bits per heavy atom. The van der Waals surface area contributed by atoms with Crippen LogP contribution in [0.3, 0.4) is 0 Å². The first-order valence-electron chi connectivity index (χ1n) is 10.5. The van der Waals surface area contributed by atoms with Gasteiger partial charge >= 0.3 is 0 Å². The second-order valence-electron chi connectivity index (χ2n) is 7.66. The summed E-state index contributed by atoms with van der Waals surface area (Å²) in [5, 5.41) is 9.03. The molecule has 0 aliphatic carbocycles. The van der Waals surface area contributed by atoms with Gasteiger partial charge in [0, 0.05) is 6.61 Å². The van der Waals surface area contributed by atoms with Crippen molar-refractivity contribution >= 4 is 0 Å². The van der Waals surface area contributed by atoms with Crippen molar-refractivity contribution < 1.29 is 5.11 Å². The molecule has 0 saturated heterocycles. The van der Waals surface area contributed by atoms with E-state index in [1.807, 2.05) is 0 Å². The van der Waals surface area contributed by atoms with Gasteiger partial charge in [0.2, 0.25) is 0 Å². The molecule has 0 aliphatic heterocycles. The number of rotatable bonds is 11. The van der Waals surface area contributed by atoms with Gasteiger partial charge in [-0.2, -0.15) is 0 Å². The van der Waals surface area contributed by atoms with Crippen LogP contribution < -0.4 is 0 Å². The van der Waals surface area contributed by atoms with Crippen LogP contribution in [0.2, 0.25) is 0 Å². The first kappa shape index (κ1) is 20.7. The molecule has 0 aromatic heterocycles. The fraction of sp³-hybridized carbons (Fsp3) is 0.520. The van der Waals surface area contributed by atoms with Crippen LogP contribution in [0.5, 0.6) is 0 Å². The summed E-state index contributed by atoms with van der Waals surface area (Å²) < 4.78 is 0. The SMILES string of the molecule is CCCC(C)CCCc1ccc(-c2ccc(CCCO)cc2CC)cc1. The average molecular weight is 353 g/mol. The Bertz CT molecular complexity index is 642. The van der Waals surface area contributed by atoms with Crippen molar-refractivity contribution in [2.24, 2.45) is 5.92 Å². The summed E-state index contributed by atoms with van der Waals surface area (Å²) in [5.74, 6) is 0.857. The third-order valence-electron chi connectivity index (χ3n) is 5.38. The highest BCUT2D eigenvalue weighted by Crippen LogP contribution is 2.27. The Labute approximate surface area is 160 Å². The van der Waals surface area contributed by atoms with Crippen molar-refractivity contribution in [3.05, 3.63) is 59.2 Å². The fourth-order valence-electron chi connectivity index (χ4n) is 3.80. The lowest BCUT2D eigenvalue weighted by Crippen LogP contribution is -1.96. The predicted octanol–water partition coefficient (Wildman–Crippen LogP) is 6.60. The van der Waals surface area contributed by atoms with Crippen LogP contribution in [0.15, 0.2) is 42.5 Å². The van der Waals surface area contributed by atoms with Crippen molar-refractivity contribution in [2.75, 3.05) is 6.61 Å². The second kappa shape index (κ2) is 11.2. The zero-order chi connectivity index (χ0) is 18.8. The molecule has 1 unspecified atom stereocenters. The van der Waals surface area contributed by atoms with E-state index in [1.165, 1.54) is 59.9 Å². The Hall–Kier alpha value is -1.60. The van der Waals surface area contributed by atoms with E-state index in [0.29, 0.717) is 0 Å². The van der Waals surface area contributed by atoms with E-state index in [9.17, 15) is 0 Å². The fourth-order valence-corrected chi connectivity index (χ4v) is 3.80. The Morgan fingerprint density at radius 1 is 0.846 bits per heavy atom. The minimum atomic E-state index is 0.266. The highest BCUT2D eigenvalue weighted by molar-refractivity contribution is 5.68. The van der Waals surface area contributed by atoms with E-state index in [0.717, 1.165) is 25.2 Å². The van der Waals surface area contributed by atoms with Gasteiger partial charge in [0.25, 0.3) is 0 Å². The van der Waals surface area contributed by atoms with Gasteiger partial charge in [0.15, 0.2) is 0 Å². The number of aryl methyl sites for hydroxylation is 3. The van der Waals surface area contributed by atoms with Gasteiger partial charge in [0.05, 0.1) is 0 Å². The molecule has 26 heavy (non-hydrogen) atoms. The second-order valence-corrected chi connectivity index (χ2v) is 7.66. The number of aliphatic hydroxyl groups excluding tert-OH is 1. The van der Waals surface area contributed by atoms with Crippen molar-refractivity contribution in [1.29, 1.82) is 0 Å². The van der Waals surface area contributed by atoms with Crippen molar-refractivity contribution in [1.82, 2.24) is 0 Å². The smallest absolute Gasteiger partial charge is 0.0434 e. The molecule has 0 amide bonds. The number of hydrogen-bond acceptors (Lipinski definition) is 1. The molecule has 0 aliphatic rings. The van der Waals surface area contributed by atoms with Crippen LogP contribution in [0.25, 0.3) is 11.1 Å². The van der Waals surface area contributed by atoms with Crippen LogP contribution in [0.1, 0.15) is 69.6 Å². The largest absolute Gasteiger partial charge is 0.396 e. The third kappa shape index (κ3) is 6.29. The molecule has 0 spiro atoms. The van der Waals surface area contributed by atoms with Gasteiger partial charge in [-0.15, -0.1) is 0 Å². The van der Waals surface area contributed by atoms with Crippen molar-refractivity contribution in [3.8, 4) is 11.1 Å². The molecular weight excluding hydrogens is 316 g/mol. The van der Waals surface area contributed by atoms with E-state index >= 15 is 0 Å². The molecule has 0 saturated carbocycles. The first-order chi connectivity index (χ1) is 12.7. The topological polar surface area (TPSA) is 20.2 Å². The molecule has 0 heterocycles. The third-order valence-corrected chi connectivity index (χ3v) is 5.38. The lowest BCUT2D eigenvalue weighted by Gasteiger charge is -2.12. The molecule has 1 N–H and O–H groups in total. The van der Waals surface area contributed by atoms with Crippen LogP contribution in [-0.2, 0) is 19.3 Å². The van der Waals surface area contributed by atoms with Crippen LogP contribution >= 0.6 is 0 Å². The summed E-state index contributed by atoms with van der Waals surface area (Å²) >= 11 is 0. The maximum absolute atomic E-state index is 9.03. The summed E-state index contributed by atoms with van der Waals surface area (Å²) in [7, 11) is 0. The average Bonchev–Trinajstić information content (AvgIpc) is 2.67. The van der Waals surface area contributed by atoms with Crippen molar-refractivity contribution in [3.63, 3.8) is 0 Å². The Morgan fingerprint density at radius 2 is 1.54 bits per heavy atom. The lowest BCUT2D eigenvalue weighted by atomic mass is 9.93. The van der Waals surface area contributed by atoms with E-state index in [2.05, 4.69) is 63.2 Å². The molecule has 142 valence electrons. The van der Waals surface area contributed by atoms with Gasteiger partial charge in [-0.3, -0.25) is 0 Å². The zero-order valence-electron chi connectivity index (χ0n) is 16.9. The molecule has 2 aromatic rings. The standard InChI is InChI=1S/C25H36O/c1-4-8-20(3)9-6-10-21-12-15-24(16-13-21)25-17-14-22(11-7-18-26)19-23(25)5-2/h12-17,19-20,26H,4-11,18H2,1-3H3. The highest BCUT2D eigenvalue weighted by atomic mass is 16.2. The van der Waals surface area contributed by atoms with Crippen LogP contribution in [0.4, 0.5) is 0 Å². The zero-order valence-corrected chi connectivity index (χ0v) is 16.9. The highest BCUT2D eigenvalue weighted by Gasteiger charge is 2.06. The van der Waals surface area contributed by atoms with E-state index in [1.54, 1.807) is 0 Å². The number of aliphatic hydroxyl groups is 1. The minimum absolute atomic E-state index is 0.266. The molecular formula is C25H36O. The number of hydrogen-bond donors (Lipinski definition) is 1. The Kier molecular flexibility index (Phi) is 8.91. The molecule has 1 nitrogen and oxygen atoms in total. The van der Waals surface area contributed by atoms with Crippen LogP contribution in [0, 0.1) is 5.92 Å². The maximum Gasteiger partial charge on any atom is 0.0434 e. The maximum atomic E-state index is 9.03. The van der Waals surface area contributed by atoms with Crippen molar-refractivity contribution in [2.45, 2.75) is 72.1 Å². The predicted molar refractivity (Wildman–Crippen MR) is 114 cm³/mol.